The Balaban J connectivity index is 1.37. The Morgan fingerprint density at radius 2 is 1.86 bits per heavy atom. The van der Waals surface area contributed by atoms with Gasteiger partial charge in [-0.05, 0) is 54.5 Å². The third kappa shape index (κ3) is 3.28. The number of amides is 1. The largest absolute Gasteiger partial charge is 0.348 e. The summed E-state index contributed by atoms with van der Waals surface area (Å²) in [6, 6.07) is 14.4. The number of carbonyl (C=O) groups excluding carboxylic acids is 1. The summed E-state index contributed by atoms with van der Waals surface area (Å²) in [7, 11) is 0. The van der Waals surface area contributed by atoms with Gasteiger partial charge in [0.2, 0.25) is 0 Å². The highest BCUT2D eigenvalue weighted by atomic mass is 32.1. The second-order valence-electron chi connectivity index (χ2n) is 8.09. The van der Waals surface area contributed by atoms with Crippen LogP contribution in [-0.2, 0) is 13.0 Å². The van der Waals surface area contributed by atoms with Crippen LogP contribution in [0.2, 0.25) is 0 Å². The zero-order valence-electron chi connectivity index (χ0n) is 16.2. The van der Waals surface area contributed by atoms with Crippen LogP contribution in [0.25, 0.3) is 10.2 Å². The van der Waals surface area contributed by atoms with Crippen LogP contribution in [0.3, 0.4) is 0 Å². The highest BCUT2D eigenvalue weighted by molar-refractivity contribution is 7.22. The molecule has 0 saturated carbocycles. The summed E-state index contributed by atoms with van der Waals surface area (Å²) in [5, 5.41) is 1.10. The molecule has 3 aromatic rings. The first-order chi connectivity index (χ1) is 13.7. The molecule has 2 aromatic carbocycles. The summed E-state index contributed by atoms with van der Waals surface area (Å²) in [5.74, 6) is 0.933. The molecule has 0 unspecified atom stereocenters. The normalized spacial score (nSPS) is 17.8. The number of carbonyl (C=O) groups is 1. The first kappa shape index (κ1) is 17.7. The molecule has 0 aliphatic carbocycles. The van der Waals surface area contributed by atoms with Crippen LogP contribution >= 0.6 is 11.3 Å². The number of aromatic nitrogens is 1. The number of piperidine rings is 1. The van der Waals surface area contributed by atoms with Crippen LogP contribution in [0.5, 0.6) is 0 Å². The Morgan fingerprint density at radius 1 is 1.07 bits per heavy atom. The summed E-state index contributed by atoms with van der Waals surface area (Å²) in [6.07, 6.45) is 3.40. The predicted octanol–water partition coefficient (Wildman–Crippen LogP) is 4.73. The summed E-state index contributed by atoms with van der Waals surface area (Å²) in [4.78, 5) is 22.3. The zero-order chi connectivity index (χ0) is 19.1. The van der Waals surface area contributed by atoms with Crippen LogP contribution in [0.15, 0.2) is 42.5 Å². The van der Waals surface area contributed by atoms with Crippen molar-refractivity contribution in [3.05, 3.63) is 59.2 Å². The van der Waals surface area contributed by atoms with E-state index >= 15 is 0 Å². The first-order valence-corrected chi connectivity index (χ1v) is 11.0. The molecule has 3 heterocycles. The van der Waals surface area contributed by atoms with Crippen LogP contribution in [0, 0.1) is 5.92 Å². The van der Waals surface area contributed by atoms with Crippen LogP contribution in [-0.4, -0.2) is 35.4 Å². The van der Waals surface area contributed by atoms with E-state index in [1.54, 1.807) is 11.3 Å². The van der Waals surface area contributed by atoms with E-state index in [2.05, 4.69) is 36.1 Å². The minimum atomic E-state index is 0.123. The van der Waals surface area contributed by atoms with Crippen LogP contribution in [0.1, 0.15) is 41.3 Å². The number of hydrogen-bond donors (Lipinski definition) is 0. The molecule has 5 heteroatoms. The average molecular weight is 392 g/mol. The summed E-state index contributed by atoms with van der Waals surface area (Å²) in [6.45, 7) is 5.98. The third-order valence-electron chi connectivity index (χ3n) is 6.10. The molecule has 1 amide bonds. The lowest BCUT2D eigenvalue weighted by Gasteiger charge is -2.29. The van der Waals surface area contributed by atoms with E-state index in [-0.39, 0.29) is 5.91 Å². The molecule has 0 radical (unpaired) electrons. The van der Waals surface area contributed by atoms with Gasteiger partial charge < -0.3 is 9.80 Å². The molecule has 4 nitrogen and oxygen atoms in total. The number of nitrogens with zero attached hydrogens (tertiary/aromatic N) is 3. The monoisotopic (exact) mass is 391 g/mol. The van der Waals surface area contributed by atoms with Gasteiger partial charge in [0, 0.05) is 31.7 Å². The molecule has 0 N–H and O–H groups in total. The van der Waals surface area contributed by atoms with Gasteiger partial charge in [0.25, 0.3) is 5.91 Å². The lowest BCUT2D eigenvalue weighted by molar-refractivity contribution is 0.0735. The maximum absolute atomic E-state index is 13.1. The molecule has 144 valence electrons. The van der Waals surface area contributed by atoms with Crippen molar-refractivity contribution in [3.8, 4) is 0 Å². The predicted molar refractivity (Wildman–Crippen MR) is 115 cm³/mol. The Hall–Kier alpha value is -2.40. The number of hydrogen-bond acceptors (Lipinski definition) is 4. The minimum absolute atomic E-state index is 0.123. The number of thiazole rings is 1. The van der Waals surface area contributed by atoms with Crippen molar-refractivity contribution in [2.24, 2.45) is 5.92 Å². The van der Waals surface area contributed by atoms with Gasteiger partial charge >= 0.3 is 0 Å². The molecule has 28 heavy (non-hydrogen) atoms. The van der Waals surface area contributed by atoms with E-state index in [9.17, 15) is 4.79 Å². The lowest BCUT2D eigenvalue weighted by atomic mass is 9.99. The van der Waals surface area contributed by atoms with Crippen molar-refractivity contribution in [2.75, 3.05) is 24.5 Å². The van der Waals surface area contributed by atoms with Gasteiger partial charge in [-0.2, -0.15) is 0 Å². The molecule has 1 fully saturated rings. The van der Waals surface area contributed by atoms with Gasteiger partial charge in [-0.25, -0.2) is 4.98 Å². The van der Waals surface area contributed by atoms with E-state index in [1.165, 1.54) is 24.0 Å². The van der Waals surface area contributed by atoms with Crippen molar-refractivity contribution in [1.82, 2.24) is 9.88 Å². The van der Waals surface area contributed by atoms with Crippen LogP contribution in [0.4, 0.5) is 5.13 Å². The number of anilines is 1. The number of fused-ring (bicyclic) bond motifs is 2. The first-order valence-electron chi connectivity index (χ1n) is 10.2. The van der Waals surface area contributed by atoms with Gasteiger partial charge in [0.15, 0.2) is 5.13 Å². The molecular weight excluding hydrogens is 366 g/mol. The number of benzene rings is 2. The quantitative estimate of drug-likeness (QED) is 0.634. The van der Waals surface area contributed by atoms with Gasteiger partial charge in [0.05, 0.1) is 10.2 Å². The Bertz CT molecular complexity index is 1020. The fraction of sp³-hybridized carbons (Fsp3) is 0.391. The van der Waals surface area contributed by atoms with Gasteiger partial charge in [-0.3, -0.25) is 4.79 Å². The molecule has 2 aliphatic heterocycles. The standard InChI is InChI=1S/C23H25N3OS/c1-16-8-11-25(12-9-16)23-24-20-7-6-18(14-21(20)28-23)22(27)26-13-10-17-4-2-3-5-19(17)15-26/h2-7,14,16H,8-13,15H2,1H3. The van der Waals surface area contributed by atoms with Crippen molar-refractivity contribution in [2.45, 2.75) is 32.7 Å². The van der Waals surface area contributed by atoms with Crippen LogP contribution < -0.4 is 4.90 Å². The molecule has 5 rings (SSSR count). The van der Waals surface area contributed by atoms with E-state index in [4.69, 9.17) is 4.98 Å². The van der Waals surface area contributed by atoms with Crippen molar-refractivity contribution in [3.63, 3.8) is 0 Å². The van der Waals surface area contributed by atoms with Crippen molar-refractivity contribution in [1.29, 1.82) is 0 Å². The van der Waals surface area contributed by atoms with Gasteiger partial charge in [-0.15, -0.1) is 0 Å². The molecule has 1 aromatic heterocycles. The fourth-order valence-corrected chi connectivity index (χ4v) is 5.29. The number of rotatable bonds is 2. The zero-order valence-corrected chi connectivity index (χ0v) is 17.0. The highest BCUT2D eigenvalue weighted by Crippen LogP contribution is 2.32. The van der Waals surface area contributed by atoms with Gasteiger partial charge in [-0.1, -0.05) is 42.5 Å². The Labute approximate surface area is 169 Å². The second-order valence-corrected chi connectivity index (χ2v) is 9.10. The summed E-state index contributed by atoms with van der Waals surface area (Å²) < 4.78 is 1.11. The fourth-order valence-electron chi connectivity index (χ4n) is 4.23. The summed E-state index contributed by atoms with van der Waals surface area (Å²) in [5.41, 5.74) is 4.40. The van der Waals surface area contributed by atoms with E-state index < -0.39 is 0 Å². The molecule has 1 saturated heterocycles. The molecule has 0 bridgehead atoms. The molecule has 0 atom stereocenters. The average Bonchev–Trinajstić information content (AvgIpc) is 3.16. The van der Waals surface area contributed by atoms with E-state index in [1.807, 2.05) is 23.1 Å². The minimum Gasteiger partial charge on any atom is -0.348 e. The highest BCUT2D eigenvalue weighted by Gasteiger charge is 2.23. The lowest BCUT2D eigenvalue weighted by Crippen LogP contribution is -2.35. The maximum atomic E-state index is 13.1. The van der Waals surface area contributed by atoms with Crippen molar-refractivity contribution >= 4 is 32.6 Å². The third-order valence-corrected chi connectivity index (χ3v) is 7.18. The molecule has 2 aliphatic rings. The topological polar surface area (TPSA) is 36.4 Å². The molecule has 0 spiro atoms. The van der Waals surface area contributed by atoms with Gasteiger partial charge in [0.1, 0.15) is 0 Å². The van der Waals surface area contributed by atoms with E-state index in [0.29, 0.717) is 6.54 Å². The Morgan fingerprint density at radius 3 is 2.68 bits per heavy atom. The molecular formula is C23H25N3OS. The SMILES string of the molecule is CC1CCN(c2nc3ccc(C(=O)N4CCc5ccccc5C4)cc3s2)CC1. The van der Waals surface area contributed by atoms with E-state index in [0.717, 1.165) is 52.9 Å². The maximum Gasteiger partial charge on any atom is 0.254 e. The second kappa shape index (κ2) is 7.21. The Kier molecular flexibility index (Phi) is 4.55. The summed E-state index contributed by atoms with van der Waals surface area (Å²) >= 11 is 1.72. The smallest absolute Gasteiger partial charge is 0.254 e. The van der Waals surface area contributed by atoms with Crippen molar-refractivity contribution < 1.29 is 4.79 Å².